The van der Waals surface area contributed by atoms with Gasteiger partial charge in [-0.05, 0) is 19.4 Å². The monoisotopic (exact) mass is 235 g/mol. The molecule has 1 heterocycles. The summed E-state index contributed by atoms with van der Waals surface area (Å²) in [6.07, 6.45) is 0.784. The molecule has 0 aromatic heterocycles. The molecule has 0 aliphatic carbocycles. The molecular weight excluding hydrogens is 217 g/mol. The molecule has 0 bridgehead atoms. The van der Waals surface area contributed by atoms with Crippen LogP contribution in [0.25, 0.3) is 0 Å². The Balaban J connectivity index is 2.50. The van der Waals surface area contributed by atoms with Crippen LogP contribution in [0.3, 0.4) is 0 Å². The fraction of sp³-hybridized carbons (Fsp3) is 0.462. The van der Waals surface area contributed by atoms with Gasteiger partial charge in [0.15, 0.2) is 5.96 Å². The molecule has 1 unspecified atom stereocenters. The number of nitrogens with zero attached hydrogens (tertiary/aromatic N) is 2. The number of halogens is 1. The van der Waals surface area contributed by atoms with Gasteiger partial charge in [-0.1, -0.05) is 25.1 Å². The smallest absolute Gasteiger partial charge is 0.192 e. The van der Waals surface area contributed by atoms with Gasteiger partial charge in [0.1, 0.15) is 5.82 Å². The van der Waals surface area contributed by atoms with Crippen molar-refractivity contribution in [1.82, 2.24) is 4.90 Å². The van der Waals surface area contributed by atoms with E-state index < -0.39 is 5.54 Å². The Morgan fingerprint density at radius 2 is 2.12 bits per heavy atom. The zero-order valence-electron chi connectivity index (χ0n) is 10.3. The maximum absolute atomic E-state index is 14.0. The molecule has 1 aromatic carbocycles. The molecule has 2 rings (SSSR count). The summed E-state index contributed by atoms with van der Waals surface area (Å²) >= 11 is 0. The summed E-state index contributed by atoms with van der Waals surface area (Å²) < 4.78 is 14.0. The fourth-order valence-electron chi connectivity index (χ4n) is 2.63. The fourth-order valence-corrected chi connectivity index (χ4v) is 2.63. The summed E-state index contributed by atoms with van der Waals surface area (Å²) in [6, 6.07) is 6.89. The van der Waals surface area contributed by atoms with E-state index in [0.717, 1.165) is 13.0 Å². The van der Waals surface area contributed by atoms with Crippen LogP contribution >= 0.6 is 0 Å². The maximum Gasteiger partial charge on any atom is 0.192 e. The van der Waals surface area contributed by atoms with Crippen molar-refractivity contribution in [1.29, 1.82) is 0 Å². The number of rotatable bonds is 3. The normalized spacial score (nSPS) is 23.9. The first kappa shape index (κ1) is 11.9. The molecule has 92 valence electrons. The van der Waals surface area contributed by atoms with E-state index in [4.69, 9.17) is 5.73 Å². The van der Waals surface area contributed by atoms with E-state index in [0.29, 0.717) is 18.1 Å². The van der Waals surface area contributed by atoms with Gasteiger partial charge in [-0.2, -0.15) is 0 Å². The van der Waals surface area contributed by atoms with Crippen LogP contribution in [0.15, 0.2) is 29.3 Å². The summed E-state index contributed by atoms with van der Waals surface area (Å²) in [5.74, 6) is 0.329. The second-order valence-electron chi connectivity index (χ2n) is 4.28. The minimum atomic E-state index is -0.413. The van der Waals surface area contributed by atoms with Crippen LogP contribution in [-0.2, 0) is 5.54 Å². The molecule has 2 N–H and O–H groups in total. The molecule has 0 radical (unpaired) electrons. The highest BCUT2D eigenvalue weighted by molar-refractivity contribution is 5.81. The van der Waals surface area contributed by atoms with E-state index in [1.54, 1.807) is 6.07 Å². The molecule has 0 amide bonds. The van der Waals surface area contributed by atoms with Crippen LogP contribution in [0.2, 0.25) is 0 Å². The van der Waals surface area contributed by atoms with E-state index >= 15 is 0 Å². The zero-order valence-corrected chi connectivity index (χ0v) is 10.3. The van der Waals surface area contributed by atoms with Crippen molar-refractivity contribution in [2.24, 2.45) is 10.7 Å². The maximum atomic E-state index is 14.0. The van der Waals surface area contributed by atoms with Crippen LogP contribution < -0.4 is 5.73 Å². The standard InChI is InChI=1S/C13H18FN3/c1-3-13(9-16-12(15)17(13)4-2)10-7-5-6-8-11(10)14/h5-8H,3-4,9H2,1-2H3,(H2,15,16). The molecular formula is C13H18FN3. The third-order valence-electron chi connectivity index (χ3n) is 3.57. The summed E-state index contributed by atoms with van der Waals surface area (Å²) in [6.45, 7) is 5.32. The molecule has 4 heteroatoms. The molecule has 0 fully saturated rings. The van der Waals surface area contributed by atoms with Gasteiger partial charge in [0.25, 0.3) is 0 Å². The van der Waals surface area contributed by atoms with Crippen molar-refractivity contribution in [3.63, 3.8) is 0 Å². The van der Waals surface area contributed by atoms with Gasteiger partial charge in [-0.15, -0.1) is 0 Å². The molecule has 3 nitrogen and oxygen atoms in total. The molecule has 17 heavy (non-hydrogen) atoms. The minimum absolute atomic E-state index is 0.183. The third kappa shape index (κ3) is 1.68. The first-order valence-corrected chi connectivity index (χ1v) is 5.98. The van der Waals surface area contributed by atoms with Gasteiger partial charge in [0.2, 0.25) is 0 Å². The van der Waals surface area contributed by atoms with E-state index in [9.17, 15) is 4.39 Å². The second-order valence-corrected chi connectivity index (χ2v) is 4.28. The number of likely N-dealkylation sites (N-methyl/N-ethyl adjacent to an activating group) is 1. The number of hydrogen-bond acceptors (Lipinski definition) is 3. The number of hydrogen-bond donors (Lipinski definition) is 1. The molecule has 0 saturated heterocycles. The van der Waals surface area contributed by atoms with Crippen LogP contribution in [0.1, 0.15) is 25.8 Å². The largest absolute Gasteiger partial charge is 0.370 e. The predicted octanol–water partition coefficient (Wildman–Crippen LogP) is 2.08. The lowest BCUT2D eigenvalue weighted by Gasteiger charge is -2.38. The average Bonchev–Trinajstić information content (AvgIpc) is 2.67. The predicted molar refractivity (Wildman–Crippen MR) is 67.2 cm³/mol. The molecule has 0 saturated carbocycles. The van der Waals surface area contributed by atoms with Crippen LogP contribution in [0, 0.1) is 5.82 Å². The van der Waals surface area contributed by atoms with E-state index in [2.05, 4.69) is 4.99 Å². The highest BCUT2D eigenvalue weighted by Crippen LogP contribution is 2.37. The Morgan fingerprint density at radius 3 is 2.71 bits per heavy atom. The lowest BCUT2D eigenvalue weighted by molar-refractivity contribution is 0.195. The number of benzene rings is 1. The second kappa shape index (κ2) is 4.35. The SMILES string of the molecule is CCN1C(N)=NCC1(CC)c1ccccc1F. The van der Waals surface area contributed by atoms with Gasteiger partial charge in [0.05, 0.1) is 12.1 Å². The highest BCUT2D eigenvalue weighted by atomic mass is 19.1. The lowest BCUT2D eigenvalue weighted by Crippen LogP contribution is -2.49. The van der Waals surface area contributed by atoms with Gasteiger partial charge in [-0.3, -0.25) is 4.99 Å². The number of aliphatic imine (C=N–C) groups is 1. The topological polar surface area (TPSA) is 41.6 Å². The van der Waals surface area contributed by atoms with Gasteiger partial charge in [0, 0.05) is 12.1 Å². The van der Waals surface area contributed by atoms with Gasteiger partial charge < -0.3 is 10.6 Å². The average molecular weight is 235 g/mol. The Morgan fingerprint density at radius 1 is 1.41 bits per heavy atom. The molecule has 1 aromatic rings. The van der Waals surface area contributed by atoms with Crippen molar-refractivity contribution < 1.29 is 4.39 Å². The number of guanidine groups is 1. The minimum Gasteiger partial charge on any atom is -0.370 e. The Labute approximate surface area is 101 Å². The van der Waals surface area contributed by atoms with Crippen molar-refractivity contribution in [3.8, 4) is 0 Å². The highest BCUT2D eigenvalue weighted by Gasteiger charge is 2.42. The Kier molecular flexibility index (Phi) is 3.05. The lowest BCUT2D eigenvalue weighted by atomic mass is 9.86. The first-order chi connectivity index (χ1) is 8.15. The van der Waals surface area contributed by atoms with Crippen molar-refractivity contribution in [2.75, 3.05) is 13.1 Å². The quantitative estimate of drug-likeness (QED) is 0.871. The van der Waals surface area contributed by atoms with Crippen LogP contribution in [0.5, 0.6) is 0 Å². The van der Waals surface area contributed by atoms with Crippen molar-refractivity contribution in [3.05, 3.63) is 35.6 Å². The summed E-state index contributed by atoms with van der Waals surface area (Å²) in [5.41, 5.74) is 6.16. The Bertz CT molecular complexity index is 444. The van der Waals surface area contributed by atoms with E-state index in [-0.39, 0.29) is 5.82 Å². The molecule has 1 atom stereocenters. The van der Waals surface area contributed by atoms with Crippen molar-refractivity contribution in [2.45, 2.75) is 25.8 Å². The van der Waals surface area contributed by atoms with E-state index in [1.165, 1.54) is 6.07 Å². The van der Waals surface area contributed by atoms with Gasteiger partial charge in [-0.25, -0.2) is 4.39 Å². The molecule has 1 aliphatic heterocycles. The van der Waals surface area contributed by atoms with Crippen LogP contribution in [-0.4, -0.2) is 23.9 Å². The summed E-state index contributed by atoms with van der Waals surface area (Å²) in [4.78, 5) is 6.28. The van der Waals surface area contributed by atoms with Crippen molar-refractivity contribution >= 4 is 5.96 Å². The van der Waals surface area contributed by atoms with Crippen LogP contribution in [0.4, 0.5) is 4.39 Å². The van der Waals surface area contributed by atoms with Gasteiger partial charge >= 0.3 is 0 Å². The molecule has 0 spiro atoms. The number of nitrogens with two attached hydrogens (primary N) is 1. The summed E-state index contributed by atoms with van der Waals surface area (Å²) in [7, 11) is 0. The third-order valence-corrected chi connectivity index (χ3v) is 3.57. The first-order valence-electron chi connectivity index (χ1n) is 5.98. The van der Waals surface area contributed by atoms with E-state index in [1.807, 2.05) is 30.9 Å². The zero-order chi connectivity index (χ0) is 12.5. The summed E-state index contributed by atoms with van der Waals surface area (Å²) in [5, 5.41) is 0. The molecule has 1 aliphatic rings. The Hall–Kier alpha value is -1.58.